The minimum Gasteiger partial charge on any atom is -0.478 e. The molecule has 0 fully saturated rings. The molecule has 0 bridgehead atoms. The van der Waals surface area contributed by atoms with Crippen LogP contribution in [0.4, 0.5) is 0 Å². The molecule has 0 spiro atoms. The van der Waals surface area contributed by atoms with E-state index in [2.05, 4.69) is 4.98 Å². The Kier molecular flexibility index (Phi) is 5.24. The molecule has 5 heteroatoms. The van der Waals surface area contributed by atoms with Crippen molar-refractivity contribution in [3.8, 4) is 0 Å². The van der Waals surface area contributed by atoms with Crippen LogP contribution in [0, 0.1) is 3.57 Å². The van der Waals surface area contributed by atoms with Gasteiger partial charge in [-0.15, -0.1) is 0 Å². The minimum atomic E-state index is -0.933. The van der Waals surface area contributed by atoms with Crippen molar-refractivity contribution in [3.63, 3.8) is 0 Å². The predicted octanol–water partition coefficient (Wildman–Crippen LogP) is 1.00. The molecule has 0 aliphatic rings. The third kappa shape index (κ3) is 3.06. The number of carbonyl (C=O) groups is 1. The number of halogens is 1. The van der Waals surface area contributed by atoms with Gasteiger partial charge < -0.3 is 5.11 Å². The SMILES string of the molecule is O=C(O)c1cnccc1I.[Na]. The maximum Gasteiger partial charge on any atom is 0.338 e. The van der Waals surface area contributed by atoms with Crippen LogP contribution in [0.1, 0.15) is 10.4 Å². The zero-order valence-corrected chi connectivity index (χ0v) is 10.1. The molecule has 0 aliphatic carbocycles. The summed E-state index contributed by atoms with van der Waals surface area (Å²) in [6, 6.07) is 1.66. The third-order valence-corrected chi connectivity index (χ3v) is 1.94. The Hall–Kier alpha value is 0.350. The number of hydrogen-bond acceptors (Lipinski definition) is 2. The second-order valence-corrected chi connectivity index (χ2v) is 2.82. The average molecular weight is 272 g/mol. The molecule has 53 valence electrons. The van der Waals surface area contributed by atoms with Crippen LogP contribution >= 0.6 is 22.6 Å². The molecule has 0 saturated heterocycles. The van der Waals surface area contributed by atoms with Crippen LogP contribution in [0.5, 0.6) is 0 Å². The van der Waals surface area contributed by atoms with Gasteiger partial charge in [0, 0.05) is 45.5 Å². The first-order chi connectivity index (χ1) is 4.72. The summed E-state index contributed by atoms with van der Waals surface area (Å²) in [6.07, 6.45) is 2.90. The van der Waals surface area contributed by atoms with Crippen LogP contribution in [0.25, 0.3) is 0 Å². The van der Waals surface area contributed by atoms with Crippen LogP contribution < -0.4 is 0 Å². The normalized spacial score (nSPS) is 8.45. The molecule has 0 atom stereocenters. The summed E-state index contributed by atoms with van der Waals surface area (Å²) in [5, 5.41) is 8.52. The van der Waals surface area contributed by atoms with Gasteiger partial charge in [-0.05, 0) is 28.7 Å². The second-order valence-electron chi connectivity index (χ2n) is 1.66. The molecule has 0 amide bonds. The molecule has 1 rings (SSSR count). The van der Waals surface area contributed by atoms with Gasteiger partial charge in [0.25, 0.3) is 0 Å². The Bertz CT molecular complexity index is 267. The zero-order valence-electron chi connectivity index (χ0n) is 5.91. The van der Waals surface area contributed by atoms with Gasteiger partial charge in [-0.2, -0.15) is 0 Å². The summed E-state index contributed by atoms with van der Waals surface area (Å²) < 4.78 is 0.708. The van der Waals surface area contributed by atoms with E-state index in [1.54, 1.807) is 12.3 Å². The van der Waals surface area contributed by atoms with Crippen molar-refractivity contribution in [1.82, 2.24) is 4.98 Å². The number of pyridine rings is 1. The molecule has 0 saturated carbocycles. The Labute approximate surface area is 99.6 Å². The van der Waals surface area contributed by atoms with Crippen molar-refractivity contribution in [2.24, 2.45) is 0 Å². The zero-order chi connectivity index (χ0) is 7.56. The van der Waals surface area contributed by atoms with E-state index in [1.165, 1.54) is 6.20 Å². The van der Waals surface area contributed by atoms with E-state index in [-0.39, 0.29) is 35.1 Å². The molecule has 11 heavy (non-hydrogen) atoms. The molecule has 1 heterocycles. The maximum atomic E-state index is 10.4. The van der Waals surface area contributed by atoms with Gasteiger partial charge in [0.15, 0.2) is 0 Å². The van der Waals surface area contributed by atoms with Gasteiger partial charge in [0.05, 0.1) is 5.56 Å². The van der Waals surface area contributed by atoms with Gasteiger partial charge >= 0.3 is 5.97 Å². The summed E-state index contributed by atoms with van der Waals surface area (Å²) in [5.74, 6) is -0.933. The van der Waals surface area contributed by atoms with Crippen LogP contribution in [-0.2, 0) is 0 Å². The van der Waals surface area contributed by atoms with Gasteiger partial charge in [0.1, 0.15) is 0 Å². The molecule has 1 N–H and O–H groups in total. The number of rotatable bonds is 1. The Morgan fingerprint density at radius 1 is 1.64 bits per heavy atom. The molecule has 1 aromatic rings. The first-order valence-corrected chi connectivity index (χ1v) is 3.62. The van der Waals surface area contributed by atoms with E-state index >= 15 is 0 Å². The topological polar surface area (TPSA) is 50.2 Å². The Morgan fingerprint density at radius 3 is 2.64 bits per heavy atom. The van der Waals surface area contributed by atoms with E-state index < -0.39 is 5.97 Å². The number of aromatic carboxylic acids is 1. The quantitative estimate of drug-likeness (QED) is 0.613. The van der Waals surface area contributed by atoms with Crippen molar-refractivity contribution in [2.75, 3.05) is 0 Å². The molecule has 0 aliphatic heterocycles. The minimum absolute atomic E-state index is 0. The van der Waals surface area contributed by atoms with Gasteiger partial charge in [-0.25, -0.2) is 4.79 Å². The first-order valence-electron chi connectivity index (χ1n) is 2.54. The summed E-state index contributed by atoms with van der Waals surface area (Å²) in [7, 11) is 0. The Balaban J connectivity index is 0.000001000. The number of hydrogen-bond donors (Lipinski definition) is 1. The number of carboxylic acid groups (broad SMARTS) is 1. The van der Waals surface area contributed by atoms with Crippen molar-refractivity contribution >= 4 is 58.1 Å². The van der Waals surface area contributed by atoms with Crippen LogP contribution in [0.15, 0.2) is 18.5 Å². The molecule has 1 radical (unpaired) electrons. The van der Waals surface area contributed by atoms with Crippen LogP contribution in [-0.4, -0.2) is 45.6 Å². The maximum absolute atomic E-state index is 10.4. The van der Waals surface area contributed by atoms with Crippen molar-refractivity contribution in [1.29, 1.82) is 0 Å². The summed E-state index contributed by atoms with van der Waals surface area (Å²) in [4.78, 5) is 14.1. The molecule has 1 aromatic heterocycles. The Morgan fingerprint density at radius 2 is 2.27 bits per heavy atom. The molecule has 3 nitrogen and oxygen atoms in total. The fourth-order valence-electron chi connectivity index (χ4n) is 0.535. The fourth-order valence-corrected chi connectivity index (χ4v) is 1.07. The van der Waals surface area contributed by atoms with Gasteiger partial charge in [0.2, 0.25) is 0 Å². The fraction of sp³-hybridized carbons (Fsp3) is 0. The monoisotopic (exact) mass is 272 g/mol. The summed E-state index contributed by atoms with van der Waals surface area (Å²) >= 11 is 1.95. The van der Waals surface area contributed by atoms with E-state index in [9.17, 15) is 4.79 Å². The predicted molar refractivity (Wildman–Crippen MR) is 49.7 cm³/mol. The van der Waals surface area contributed by atoms with E-state index in [1.807, 2.05) is 22.6 Å². The molecule has 0 unspecified atom stereocenters. The standard InChI is InChI=1S/C6H4INO2.Na/c7-5-1-2-8-3-4(5)6(9)10;/h1-3H,(H,9,10);. The smallest absolute Gasteiger partial charge is 0.338 e. The molecular formula is C6H4INNaO2. The van der Waals surface area contributed by atoms with Crippen molar-refractivity contribution in [2.45, 2.75) is 0 Å². The van der Waals surface area contributed by atoms with Crippen LogP contribution in [0.3, 0.4) is 0 Å². The first kappa shape index (κ1) is 11.4. The van der Waals surface area contributed by atoms with Gasteiger partial charge in [-0.1, -0.05) is 0 Å². The second kappa shape index (κ2) is 5.08. The van der Waals surface area contributed by atoms with E-state index in [0.29, 0.717) is 3.57 Å². The van der Waals surface area contributed by atoms with E-state index in [4.69, 9.17) is 5.11 Å². The average Bonchev–Trinajstić information content (AvgIpc) is 1.88. The number of aromatic nitrogens is 1. The third-order valence-electron chi connectivity index (χ3n) is 0.998. The number of carboxylic acids is 1. The molecular weight excluding hydrogens is 268 g/mol. The summed E-state index contributed by atoms with van der Waals surface area (Å²) in [5.41, 5.74) is 0.253. The van der Waals surface area contributed by atoms with Gasteiger partial charge in [-0.3, -0.25) is 4.98 Å². The van der Waals surface area contributed by atoms with Crippen LogP contribution in [0.2, 0.25) is 0 Å². The summed E-state index contributed by atoms with van der Waals surface area (Å²) in [6.45, 7) is 0. The van der Waals surface area contributed by atoms with Crippen molar-refractivity contribution < 1.29 is 9.90 Å². The number of nitrogens with zero attached hydrogens (tertiary/aromatic N) is 1. The van der Waals surface area contributed by atoms with E-state index in [0.717, 1.165) is 0 Å². The molecule has 0 aromatic carbocycles. The van der Waals surface area contributed by atoms with Crippen molar-refractivity contribution in [3.05, 3.63) is 27.6 Å². The largest absolute Gasteiger partial charge is 0.478 e.